The van der Waals surface area contributed by atoms with Gasteiger partial charge in [0.1, 0.15) is 5.75 Å². The van der Waals surface area contributed by atoms with Crippen molar-refractivity contribution in [3.05, 3.63) is 53.7 Å². The summed E-state index contributed by atoms with van der Waals surface area (Å²) in [5.74, 6) is 1.24. The van der Waals surface area contributed by atoms with E-state index in [-0.39, 0.29) is 5.41 Å². The van der Waals surface area contributed by atoms with Gasteiger partial charge < -0.3 is 9.84 Å². The van der Waals surface area contributed by atoms with Crippen LogP contribution in [0.1, 0.15) is 44.9 Å². The number of hydrogen-bond acceptors (Lipinski definition) is 3. The zero-order valence-corrected chi connectivity index (χ0v) is 12.4. The maximum Gasteiger partial charge on any atom is 0.219 e. The Morgan fingerprint density at radius 2 is 1.75 bits per heavy atom. The SMILES string of the molecule is C[C@@H](O)c1ccnc(Oc2ccc(C(C)(C)C)cc2)c1. The molecule has 0 aliphatic carbocycles. The molecule has 0 radical (unpaired) electrons. The van der Waals surface area contributed by atoms with Crippen LogP contribution in [0, 0.1) is 0 Å². The smallest absolute Gasteiger partial charge is 0.219 e. The molecular weight excluding hydrogens is 250 g/mol. The molecule has 3 heteroatoms. The van der Waals surface area contributed by atoms with Crippen LogP contribution < -0.4 is 4.74 Å². The molecule has 0 saturated carbocycles. The standard InChI is InChI=1S/C17H21NO2/c1-12(19)13-9-10-18-16(11-13)20-15-7-5-14(6-8-15)17(2,3)4/h5-12,19H,1-4H3/t12-/m1/s1. The number of nitrogens with zero attached hydrogens (tertiary/aromatic N) is 1. The predicted octanol–water partition coefficient (Wildman–Crippen LogP) is 4.22. The van der Waals surface area contributed by atoms with Crippen LogP contribution in [-0.4, -0.2) is 10.1 Å². The first-order valence-electron chi connectivity index (χ1n) is 6.79. The van der Waals surface area contributed by atoms with Crippen molar-refractivity contribution < 1.29 is 9.84 Å². The number of aromatic nitrogens is 1. The molecule has 0 bridgehead atoms. The highest BCUT2D eigenvalue weighted by Crippen LogP contribution is 2.27. The normalized spacial score (nSPS) is 13.1. The van der Waals surface area contributed by atoms with Gasteiger partial charge in [-0.25, -0.2) is 4.98 Å². The summed E-state index contributed by atoms with van der Waals surface area (Å²) in [4.78, 5) is 4.15. The van der Waals surface area contributed by atoms with Crippen LogP contribution in [0.4, 0.5) is 0 Å². The lowest BCUT2D eigenvalue weighted by Gasteiger charge is -2.19. The van der Waals surface area contributed by atoms with Crippen molar-refractivity contribution in [1.29, 1.82) is 0 Å². The quantitative estimate of drug-likeness (QED) is 0.908. The molecule has 2 rings (SSSR count). The molecule has 106 valence electrons. The minimum absolute atomic E-state index is 0.128. The molecule has 1 aromatic carbocycles. The molecule has 20 heavy (non-hydrogen) atoms. The highest BCUT2D eigenvalue weighted by Gasteiger charge is 2.13. The lowest BCUT2D eigenvalue weighted by molar-refractivity contribution is 0.198. The molecule has 1 aromatic heterocycles. The average Bonchev–Trinajstić information content (AvgIpc) is 2.38. The van der Waals surface area contributed by atoms with Gasteiger partial charge in [-0.2, -0.15) is 0 Å². The largest absolute Gasteiger partial charge is 0.439 e. The number of aliphatic hydroxyl groups excluding tert-OH is 1. The van der Waals surface area contributed by atoms with Crippen molar-refractivity contribution in [2.24, 2.45) is 0 Å². The Morgan fingerprint density at radius 1 is 1.10 bits per heavy atom. The summed E-state index contributed by atoms with van der Waals surface area (Å²) >= 11 is 0. The first-order chi connectivity index (χ1) is 9.36. The lowest BCUT2D eigenvalue weighted by Crippen LogP contribution is -2.10. The van der Waals surface area contributed by atoms with Gasteiger partial charge in [0.05, 0.1) is 6.10 Å². The van der Waals surface area contributed by atoms with Gasteiger partial charge in [-0.1, -0.05) is 32.9 Å². The molecule has 0 unspecified atom stereocenters. The van der Waals surface area contributed by atoms with Crippen molar-refractivity contribution >= 4 is 0 Å². The van der Waals surface area contributed by atoms with Crippen molar-refractivity contribution in [3.63, 3.8) is 0 Å². The first-order valence-corrected chi connectivity index (χ1v) is 6.79. The van der Waals surface area contributed by atoms with Gasteiger partial charge >= 0.3 is 0 Å². The van der Waals surface area contributed by atoms with E-state index in [1.165, 1.54) is 5.56 Å². The fourth-order valence-electron chi connectivity index (χ4n) is 1.88. The monoisotopic (exact) mass is 271 g/mol. The van der Waals surface area contributed by atoms with Gasteiger partial charge in [0.25, 0.3) is 0 Å². The molecule has 3 nitrogen and oxygen atoms in total. The van der Waals surface area contributed by atoms with E-state index < -0.39 is 6.10 Å². The minimum atomic E-state index is -0.524. The molecule has 0 aliphatic heterocycles. The van der Waals surface area contributed by atoms with Crippen molar-refractivity contribution in [1.82, 2.24) is 4.98 Å². The van der Waals surface area contributed by atoms with Crippen LogP contribution in [0.3, 0.4) is 0 Å². The predicted molar refractivity (Wildman–Crippen MR) is 80.1 cm³/mol. The molecule has 2 aromatic rings. The summed E-state index contributed by atoms with van der Waals surface area (Å²) in [5, 5.41) is 9.56. The van der Waals surface area contributed by atoms with Crippen molar-refractivity contribution in [3.8, 4) is 11.6 Å². The summed E-state index contributed by atoms with van der Waals surface area (Å²) in [7, 11) is 0. The van der Waals surface area contributed by atoms with Gasteiger partial charge in [0.2, 0.25) is 5.88 Å². The van der Waals surface area contributed by atoms with E-state index in [9.17, 15) is 5.11 Å². The Labute approximate surface area is 120 Å². The Bertz CT molecular complexity index is 568. The van der Waals surface area contributed by atoms with E-state index in [0.717, 1.165) is 11.3 Å². The summed E-state index contributed by atoms with van der Waals surface area (Å²) in [6.45, 7) is 8.25. The maximum atomic E-state index is 9.56. The molecule has 0 spiro atoms. The van der Waals surface area contributed by atoms with Gasteiger partial charge in [0.15, 0.2) is 0 Å². The highest BCUT2D eigenvalue weighted by molar-refractivity contribution is 5.34. The molecule has 1 N–H and O–H groups in total. The third-order valence-corrected chi connectivity index (χ3v) is 3.18. The van der Waals surface area contributed by atoms with E-state index in [4.69, 9.17) is 4.74 Å². The van der Waals surface area contributed by atoms with E-state index in [2.05, 4.69) is 37.9 Å². The second kappa shape index (κ2) is 5.63. The number of pyridine rings is 1. The topological polar surface area (TPSA) is 42.4 Å². The Morgan fingerprint density at radius 3 is 2.30 bits per heavy atom. The average molecular weight is 271 g/mol. The van der Waals surface area contributed by atoms with E-state index in [1.807, 2.05) is 12.1 Å². The van der Waals surface area contributed by atoms with Crippen LogP contribution in [0.2, 0.25) is 0 Å². The zero-order valence-electron chi connectivity index (χ0n) is 12.4. The fraction of sp³-hybridized carbons (Fsp3) is 0.353. The summed E-state index contributed by atoms with van der Waals surface area (Å²) in [6.07, 6.45) is 1.12. The molecule has 1 heterocycles. The number of rotatable bonds is 3. The Hall–Kier alpha value is -1.87. The molecule has 0 saturated heterocycles. The fourth-order valence-corrected chi connectivity index (χ4v) is 1.88. The van der Waals surface area contributed by atoms with Crippen LogP contribution >= 0.6 is 0 Å². The zero-order chi connectivity index (χ0) is 14.8. The van der Waals surface area contributed by atoms with Crippen molar-refractivity contribution in [2.75, 3.05) is 0 Å². The molecule has 0 amide bonds. The third kappa shape index (κ3) is 3.58. The number of aliphatic hydroxyl groups is 1. The van der Waals surface area contributed by atoms with E-state index in [1.54, 1.807) is 25.3 Å². The molecular formula is C17H21NO2. The van der Waals surface area contributed by atoms with Crippen LogP contribution in [0.25, 0.3) is 0 Å². The van der Waals surface area contributed by atoms with Gasteiger partial charge in [-0.3, -0.25) is 0 Å². The summed E-state index contributed by atoms with van der Waals surface area (Å²) < 4.78 is 5.71. The molecule has 0 fully saturated rings. The number of ether oxygens (including phenoxy) is 1. The number of hydrogen-bond donors (Lipinski definition) is 1. The van der Waals surface area contributed by atoms with Crippen LogP contribution in [-0.2, 0) is 5.41 Å². The van der Waals surface area contributed by atoms with Gasteiger partial charge in [0, 0.05) is 12.3 Å². The Kier molecular flexibility index (Phi) is 4.09. The maximum absolute atomic E-state index is 9.56. The Balaban J connectivity index is 2.16. The highest BCUT2D eigenvalue weighted by atomic mass is 16.5. The lowest BCUT2D eigenvalue weighted by atomic mass is 9.87. The van der Waals surface area contributed by atoms with E-state index >= 15 is 0 Å². The first kappa shape index (κ1) is 14.5. The second-order valence-corrected chi connectivity index (χ2v) is 5.98. The van der Waals surface area contributed by atoms with Crippen LogP contribution in [0.5, 0.6) is 11.6 Å². The summed E-state index contributed by atoms with van der Waals surface area (Å²) in [6, 6.07) is 11.5. The minimum Gasteiger partial charge on any atom is -0.439 e. The van der Waals surface area contributed by atoms with Gasteiger partial charge in [-0.05, 0) is 41.7 Å². The summed E-state index contributed by atoms with van der Waals surface area (Å²) in [5.41, 5.74) is 2.18. The van der Waals surface area contributed by atoms with Crippen LogP contribution in [0.15, 0.2) is 42.6 Å². The third-order valence-electron chi connectivity index (χ3n) is 3.18. The second-order valence-electron chi connectivity index (χ2n) is 5.98. The van der Waals surface area contributed by atoms with E-state index in [0.29, 0.717) is 5.88 Å². The molecule has 1 atom stereocenters. The molecule has 0 aliphatic rings. The van der Waals surface area contributed by atoms with Gasteiger partial charge in [-0.15, -0.1) is 0 Å². The number of benzene rings is 1. The van der Waals surface area contributed by atoms with Crippen molar-refractivity contribution in [2.45, 2.75) is 39.2 Å².